The van der Waals surface area contributed by atoms with Crippen LogP contribution < -0.4 is 14.8 Å². The van der Waals surface area contributed by atoms with Crippen LogP contribution in [-0.4, -0.2) is 94.2 Å². The molecule has 2 aliphatic heterocycles. The highest BCUT2D eigenvalue weighted by molar-refractivity contribution is 5.79. The number of hydrogen-bond donors (Lipinski definition) is 1. The van der Waals surface area contributed by atoms with Crippen LogP contribution in [0.3, 0.4) is 0 Å². The number of methoxy groups -OCH3 is 2. The van der Waals surface area contributed by atoms with Gasteiger partial charge in [0.25, 0.3) is 0 Å². The van der Waals surface area contributed by atoms with Crippen molar-refractivity contribution in [3.05, 3.63) is 23.8 Å². The van der Waals surface area contributed by atoms with E-state index in [0.717, 1.165) is 89.7 Å². The second-order valence-corrected chi connectivity index (χ2v) is 9.43. The Morgan fingerprint density at radius 3 is 2.50 bits per heavy atom. The average molecular weight is 447 g/mol. The van der Waals surface area contributed by atoms with Crippen molar-refractivity contribution in [2.45, 2.75) is 32.7 Å². The summed E-state index contributed by atoms with van der Waals surface area (Å²) in [6.45, 7) is 11.2. The minimum atomic E-state index is 0.0539. The molecule has 0 radical (unpaired) electrons. The maximum absolute atomic E-state index is 12.9. The molecule has 3 rings (SSSR count). The molecule has 1 N–H and O–H groups in total. The molecule has 2 atom stereocenters. The Hall–Kier alpha value is -1.83. The number of amides is 1. The van der Waals surface area contributed by atoms with Crippen LogP contribution in [0.4, 0.5) is 0 Å². The van der Waals surface area contributed by atoms with Crippen LogP contribution in [0.25, 0.3) is 0 Å². The molecule has 0 aromatic heterocycles. The number of hydrogen-bond acceptors (Lipinski definition) is 6. The van der Waals surface area contributed by atoms with Gasteiger partial charge in [0.2, 0.25) is 5.91 Å². The SMILES string of the molecule is CCCCNC(=O)[C@@H]1C[C@H](CN2CCN(C)CC2)CN(Cc2ccc(OC)c(OC)c2)C1. The van der Waals surface area contributed by atoms with Crippen molar-refractivity contribution in [3.63, 3.8) is 0 Å². The number of nitrogens with zero attached hydrogens (tertiary/aromatic N) is 3. The number of carbonyl (C=O) groups excluding carboxylic acids is 1. The minimum absolute atomic E-state index is 0.0539. The van der Waals surface area contributed by atoms with Crippen molar-refractivity contribution >= 4 is 5.91 Å². The first-order valence-corrected chi connectivity index (χ1v) is 12.1. The molecule has 1 amide bonds. The van der Waals surface area contributed by atoms with E-state index in [1.807, 2.05) is 6.07 Å². The van der Waals surface area contributed by atoms with E-state index in [0.29, 0.717) is 5.92 Å². The van der Waals surface area contributed by atoms with Crippen LogP contribution >= 0.6 is 0 Å². The summed E-state index contributed by atoms with van der Waals surface area (Å²) < 4.78 is 10.9. The molecule has 0 saturated carbocycles. The lowest BCUT2D eigenvalue weighted by molar-refractivity contribution is -0.127. The van der Waals surface area contributed by atoms with E-state index in [9.17, 15) is 4.79 Å². The monoisotopic (exact) mass is 446 g/mol. The van der Waals surface area contributed by atoms with Gasteiger partial charge in [0.05, 0.1) is 20.1 Å². The summed E-state index contributed by atoms with van der Waals surface area (Å²) in [6.07, 6.45) is 3.12. The highest BCUT2D eigenvalue weighted by Gasteiger charge is 2.33. The Morgan fingerprint density at radius 2 is 1.81 bits per heavy atom. The smallest absolute Gasteiger partial charge is 0.224 e. The lowest BCUT2D eigenvalue weighted by atomic mass is 9.87. The summed E-state index contributed by atoms with van der Waals surface area (Å²) in [7, 11) is 5.53. The van der Waals surface area contributed by atoms with Gasteiger partial charge >= 0.3 is 0 Å². The molecule has 2 heterocycles. The fourth-order valence-electron chi connectivity index (χ4n) is 4.92. The molecule has 7 heteroatoms. The van der Waals surface area contributed by atoms with Crippen molar-refractivity contribution < 1.29 is 14.3 Å². The molecule has 1 aromatic carbocycles. The lowest BCUT2D eigenvalue weighted by Gasteiger charge is -2.41. The summed E-state index contributed by atoms with van der Waals surface area (Å²) >= 11 is 0. The van der Waals surface area contributed by atoms with E-state index in [2.05, 4.69) is 46.1 Å². The summed E-state index contributed by atoms with van der Waals surface area (Å²) in [6, 6.07) is 6.12. The predicted molar refractivity (Wildman–Crippen MR) is 128 cm³/mol. The van der Waals surface area contributed by atoms with Crippen molar-refractivity contribution in [1.29, 1.82) is 0 Å². The highest BCUT2D eigenvalue weighted by atomic mass is 16.5. The van der Waals surface area contributed by atoms with Crippen LogP contribution in [0.15, 0.2) is 18.2 Å². The third-order valence-corrected chi connectivity index (χ3v) is 6.78. The number of nitrogens with one attached hydrogen (secondary N) is 1. The maximum Gasteiger partial charge on any atom is 0.224 e. The Kier molecular flexibility index (Phi) is 9.63. The number of rotatable bonds is 10. The quantitative estimate of drug-likeness (QED) is 0.557. The topological polar surface area (TPSA) is 57.3 Å². The largest absolute Gasteiger partial charge is 0.493 e. The zero-order valence-electron chi connectivity index (χ0n) is 20.4. The van der Waals surface area contributed by atoms with Gasteiger partial charge in [0.15, 0.2) is 11.5 Å². The van der Waals surface area contributed by atoms with E-state index in [4.69, 9.17) is 9.47 Å². The molecule has 2 aliphatic rings. The van der Waals surface area contributed by atoms with Crippen LogP contribution in [0, 0.1) is 11.8 Å². The van der Waals surface area contributed by atoms with Gasteiger partial charge in [-0.1, -0.05) is 19.4 Å². The Balaban J connectivity index is 1.67. The molecule has 0 bridgehead atoms. The molecular weight excluding hydrogens is 404 g/mol. The van der Waals surface area contributed by atoms with Crippen molar-refractivity contribution in [2.24, 2.45) is 11.8 Å². The van der Waals surface area contributed by atoms with Gasteiger partial charge < -0.3 is 24.6 Å². The first-order valence-electron chi connectivity index (χ1n) is 12.1. The Labute approximate surface area is 194 Å². The van der Waals surface area contributed by atoms with Crippen LogP contribution in [0.1, 0.15) is 31.7 Å². The van der Waals surface area contributed by atoms with Gasteiger partial charge in [-0.25, -0.2) is 0 Å². The minimum Gasteiger partial charge on any atom is -0.493 e. The Bertz CT molecular complexity index is 721. The molecular formula is C25H42N4O3. The first kappa shape index (κ1) is 24.8. The van der Waals surface area contributed by atoms with Gasteiger partial charge in [0.1, 0.15) is 0 Å². The van der Waals surface area contributed by atoms with Gasteiger partial charge in [-0.15, -0.1) is 0 Å². The summed E-state index contributed by atoms with van der Waals surface area (Å²) in [5.41, 5.74) is 1.19. The maximum atomic E-state index is 12.9. The number of unbranched alkanes of at least 4 members (excludes halogenated alkanes) is 1. The standard InChI is InChI=1S/C25H42N4O3/c1-5-6-9-26-25(30)22-14-21(17-28-12-10-27(2)11-13-28)18-29(19-22)16-20-7-8-23(31-3)24(15-20)32-4/h7-8,15,21-22H,5-6,9-14,16-19H2,1-4H3,(H,26,30)/t21-,22-/m1/s1. The third kappa shape index (κ3) is 7.09. The number of ether oxygens (including phenoxy) is 2. The van der Waals surface area contributed by atoms with Crippen LogP contribution in [0.2, 0.25) is 0 Å². The third-order valence-electron chi connectivity index (χ3n) is 6.78. The highest BCUT2D eigenvalue weighted by Crippen LogP contribution is 2.30. The second kappa shape index (κ2) is 12.4. The second-order valence-electron chi connectivity index (χ2n) is 9.43. The fraction of sp³-hybridized carbons (Fsp3) is 0.720. The van der Waals surface area contributed by atoms with Crippen molar-refractivity contribution in [3.8, 4) is 11.5 Å². The zero-order chi connectivity index (χ0) is 22.9. The normalized spacial score (nSPS) is 23.1. The van der Waals surface area contributed by atoms with E-state index >= 15 is 0 Å². The summed E-state index contributed by atoms with van der Waals surface area (Å²) in [5.74, 6) is 2.28. The molecule has 2 saturated heterocycles. The van der Waals surface area contributed by atoms with Crippen molar-refractivity contribution in [1.82, 2.24) is 20.0 Å². The number of piperidine rings is 1. The van der Waals surface area contributed by atoms with Gasteiger partial charge in [-0.3, -0.25) is 9.69 Å². The number of likely N-dealkylation sites (tertiary alicyclic amines) is 1. The van der Waals surface area contributed by atoms with Gasteiger partial charge in [0, 0.05) is 58.9 Å². The zero-order valence-corrected chi connectivity index (χ0v) is 20.4. The molecule has 7 nitrogen and oxygen atoms in total. The molecule has 1 aromatic rings. The number of benzene rings is 1. The van der Waals surface area contributed by atoms with Crippen molar-refractivity contribution in [2.75, 3.05) is 73.6 Å². The van der Waals surface area contributed by atoms with Crippen LogP contribution in [0.5, 0.6) is 11.5 Å². The predicted octanol–water partition coefficient (Wildman–Crippen LogP) is 2.31. The summed E-state index contributed by atoms with van der Waals surface area (Å²) in [5, 5.41) is 3.18. The van der Waals surface area contributed by atoms with Crippen LogP contribution in [-0.2, 0) is 11.3 Å². The molecule has 0 aliphatic carbocycles. The van der Waals surface area contributed by atoms with Gasteiger partial charge in [-0.2, -0.15) is 0 Å². The molecule has 180 valence electrons. The fourth-order valence-corrected chi connectivity index (χ4v) is 4.92. The lowest BCUT2D eigenvalue weighted by Crippen LogP contribution is -2.51. The van der Waals surface area contributed by atoms with E-state index < -0.39 is 0 Å². The molecule has 0 spiro atoms. The number of piperazine rings is 1. The van der Waals surface area contributed by atoms with E-state index in [-0.39, 0.29) is 11.8 Å². The van der Waals surface area contributed by atoms with Gasteiger partial charge in [-0.05, 0) is 43.5 Å². The van der Waals surface area contributed by atoms with E-state index in [1.165, 1.54) is 5.56 Å². The average Bonchev–Trinajstić information content (AvgIpc) is 2.80. The molecule has 0 unspecified atom stereocenters. The van der Waals surface area contributed by atoms with E-state index in [1.54, 1.807) is 14.2 Å². The Morgan fingerprint density at radius 1 is 1.06 bits per heavy atom. The number of likely N-dealkylation sites (N-methyl/N-ethyl adjacent to an activating group) is 1. The summed E-state index contributed by atoms with van der Waals surface area (Å²) in [4.78, 5) is 20.4. The molecule has 2 fully saturated rings. The number of carbonyl (C=O) groups is 1. The molecule has 32 heavy (non-hydrogen) atoms. The first-order chi connectivity index (χ1) is 15.5.